The monoisotopic (exact) mass is 425 g/mol. The fraction of sp³-hybridized carbons (Fsp3) is 0.0588. The van der Waals surface area contributed by atoms with Crippen LogP contribution in [0.1, 0.15) is 5.56 Å². The van der Waals surface area contributed by atoms with Crippen molar-refractivity contribution in [1.82, 2.24) is 19.7 Å². The molecule has 2 aromatic heterocycles. The molecule has 2 heterocycles. The second-order valence-electron chi connectivity index (χ2n) is 5.75. The molecule has 10 heteroatoms. The van der Waals surface area contributed by atoms with E-state index in [4.69, 9.17) is 0 Å². The molecule has 0 spiro atoms. The lowest BCUT2D eigenvalue weighted by molar-refractivity contribution is -0.384. The summed E-state index contributed by atoms with van der Waals surface area (Å²) in [7, 11) is 1.91. The lowest BCUT2D eigenvalue weighted by atomic mass is 10.2. The molecular weight excluding hydrogens is 414 g/mol. The maximum atomic E-state index is 10.8. The van der Waals surface area contributed by atoms with Gasteiger partial charge in [-0.1, -0.05) is 28.1 Å². The Morgan fingerprint density at radius 3 is 2.93 bits per heavy atom. The summed E-state index contributed by atoms with van der Waals surface area (Å²) < 4.78 is 2.88. The molecular formula is C17H12BrN7O2. The SMILES string of the molecule is Cn1c2ccc(Br)cc2c2nnc(N/N=C/c3cccc([N+](=O)[O-])c3)nc21. The van der Waals surface area contributed by atoms with E-state index < -0.39 is 4.92 Å². The van der Waals surface area contributed by atoms with Crippen LogP contribution in [0, 0.1) is 10.1 Å². The van der Waals surface area contributed by atoms with Gasteiger partial charge in [0, 0.05) is 34.6 Å². The summed E-state index contributed by atoms with van der Waals surface area (Å²) in [6.07, 6.45) is 1.46. The van der Waals surface area contributed by atoms with Gasteiger partial charge in [-0.05, 0) is 18.2 Å². The Labute approximate surface area is 161 Å². The minimum Gasteiger partial charge on any atom is -0.327 e. The highest BCUT2D eigenvalue weighted by molar-refractivity contribution is 9.10. The first-order valence-corrected chi connectivity index (χ1v) is 8.64. The number of fused-ring (bicyclic) bond motifs is 3. The average molecular weight is 426 g/mol. The number of nitro groups is 1. The molecule has 0 fully saturated rings. The van der Waals surface area contributed by atoms with Crippen LogP contribution in [0.15, 0.2) is 52.0 Å². The maximum Gasteiger partial charge on any atom is 0.270 e. The molecule has 9 nitrogen and oxygen atoms in total. The number of anilines is 1. The highest BCUT2D eigenvalue weighted by Gasteiger charge is 2.12. The number of non-ortho nitro benzene ring substituents is 1. The van der Waals surface area contributed by atoms with E-state index in [1.165, 1.54) is 18.3 Å². The molecule has 0 atom stereocenters. The Kier molecular flexibility index (Phi) is 4.24. The van der Waals surface area contributed by atoms with Crippen LogP contribution in [-0.2, 0) is 7.05 Å². The van der Waals surface area contributed by atoms with Gasteiger partial charge in [-0.25, -0.2) is 5.43 Å². The van der Waals surface area contributed by atoms with E-state index in [-0.39, 0.29) is 11.6 Å². The summed E-state index contributed by atoms with van der Waals surface area (Å²) in [6, 6.07) is 12.1. The molecule has 4 aromatic rings. The minimum absolute atomic E-state index is 0.0000487. The van der Waals surface area contributed by atoms with E-state index in [0.717, 1.165) is 15.4 Å². The van der Waals surface area contributed by atoms with Crippen molar-refractivity contribution in [3.8, 4) is 0 Å². The van der Waals surface area contributed by atoms with Gasteiger partial charge in [0.05, 0.1) is 16.7 Å². The number of aromatic nitrogens is 4. The van der Waals surface area contributed by atoms with Crippen LogP contribution in [0.5, 0.6) is 0 Å². The van der Waals surface area contributed by atoms with E-state index in [9.17, 15) is 10.1 Å². The molecule has 0 radical (unpaired) electrons. The maximum absolute atomic E-state index is 10.8. The second kappa shape index (κ2) is 6.72. The summed E-state index contributed by atoms with van der Waals surface area (Å²) in [5, 5.41) is 24.1. The molecule has 27 heavy (non-hydrogen) atoms. The van der Waals surface area contributed by atoms with Crippen LogP contribution in [0.25, 0.3) is 22.1 Å². The van der Waals surface area contributed by atoms with Crippen molar-refractivity contribution >= 4 is 55.8 Å². The van der Waals surface area contributed by atoms with Crippen LogP contribution in [-0.4, -0.2) is 30.9 Å². The van der Waals surface area contributed by atoms with Crippen molar-refractivity contribution in [1.29, 1.82) is 0 Å². The fourth-order valence-corrected chi connectivity index (χ4v) is 3.12. The van der Waals surface area contributed by atoms with E-state index >= 15 is 0 Å². The van der Waals surface area contributed by atoms with E-state index in [2.05, 4.69) is 41.6 Å². The fourth-order valence-electron chi connectivity index (χ4n) is 2.76. The number of halogens is 1. The Morgan fingerprint density at radius 1 is 1.26 bits per heavy atom. The third kappa shape index (κ3) is 3.22. The highest BCUT2D eigenvalue weighted by Crippen LogP contribution is 2.28. The summed E-state index contributed by atoms with van der Waals surface area (Å²) in [6.45, 7) is 0. The average Bonchev–Trinajstić information content (AvgIpc) is 2.93. The zero-order valence-electron chi connectivity index (χ0n) is 14.0. The largest absolute Gasteiger partial charge is 0.327 e. The van der Waals surface area contributed by atoms with Crippen molar-refractivity contribution in [3.05, 3.63) is 62.6 Å². The molecule has 0 bridgehead atoms. The van der Waals surface area contributed by atoms with Crippen LogP contribution in [0.3, 0.4) is 0 Å². The molecule has 0 aliphatic rings. The smallest absolute Gasteiger partial charge is 0.270 e. The third-order valence-electron chi connectivity index (χ3n) is 4.02. The molecule has 0 aliphatic heterocycles. The molecule has 0 saturated carbocycles. The first kappa shape index (κ1) is 17.0. The van der Waals surface area contributed by atoms with Crippen LogP contribution >= 0.6 is 15.9 Å². The predicted molar refractivity (Wildman–Crippen MR) is 106 cm³/mol. The zero-order chi connectivity index (χ0) is 19.0. The van der Waals surface area contributed by atoms with E-state index in [1.807, 2.05) is 29.8 Å². The Bertz CT molecular complexity index is 1220. The number of nitrogens with one attached hydrogen (secondary N) is 1. The number of hydrogen-bond donors (Lipinski definition) is 1. The molecule has 0 aliphatic carbocycles. The van der Waals surface area contributed by atoms with Gasteiger partial charge in [-0.15, -0.1) is 10.2 Å². The first-order valence-electron chi connectivity index (χ1n) is 7.85. The van der Waals surface area contributed by atoms with Crippen molar-refractivity contribution in [2.24, 2.45) is 12.1 Å². The number of hydrazone groups is 1. The zero-order valence-corrected chi connectivity index (χ0v) is 15.6. The minimum atomic E-state index is -0.454. The number of benzene rings is 2. The lowest BCUT2D eigenvalue weighted by Crippen LogP contribution is -2.01. The van der Waals surface area contributed by atoms with Gasteiger partial charge in [-0.3, -0.25) is 10.1 Å². The van der Waals surface area contributed by atoms with E-state index in [0.29, 0.717) is 16.7 Å². The van der Waals surface area contributed by atoms with Crippen LogP contribution < -0.4 is 5.43 Å². The summed E-state index contributed by atoms with van der Waals surface area (Å²) in [5.41, 5.74) is 5.65. The van der Waals surface area contributed by atoms with Crippen molar-refractivity contribution in [3.63, 3.8) is 0 Å². The standard InChI is InChI=1S/C17H12BrN7O2/c1-24-14-6-5-11(18)8-13(14)15-16(24)20-17(23-21-15)22-19-9-10-3-2-4-12(7-10)25(26)27/h2-9H,1H3,(H,20,22,23)/b19-9+. The van der Waals surface area contributed by atoms with Crippen molar-refractivity contribution in [2.45, 2.75) is 0 Å². The predicted octanol–water partition coefficient (Wildman–Crippen LogP) is 3.63. The van der Waals surface area contributed by atoms with Crippen LogP contribution in [0.4, 0.5) is 11.6 Å². The second-order valence-corrected chi connectivity index (χ2v) is 6.67. The molecule has 134 valence electrons. The van der Waals surface area contributed by atoms with Gasteiger partial charge in [0.1, 0.15) is 5.52 Å². The molecule has 0 saturated heterocycles. The first-order chi connectivity index (χ1) is 13.0. The highest BCUT2D eigenvalue weighted by atomic mass is 79.9. The Balaban J connectivity index is 1.63. The van der Waals surface area contributed by atoms with Crippen molar-refractivity contribution < 1.29 is 4.92 Å². The molecule has 1 N–H and O–H groups in total. The third-order valence-corrected chi connectivity index (χ3v) is 4.51. The molecule has 2 aromatic carbocycles. The lowest BCUT2D eigenvalue weighted by Gasteiger charge is -1.99. The summed E-state index contributed by atoms with van der Waals surface area (Å²) in [4.78, 5) is 14.8. The Hall–Kier alpha value is -3.40. The normalized spacial score (nSPS) is 11.5. The summed E-state index contributed by atoms with van der Waals surface area (Å²) in [5.74, 6) is 0.231. The number of aryl methyl sites for hydroxylation is 1. The van der Waals surface area contributed by atoms with Crippen molar-refractivity contribution in [2.75, 3.05) is 5.43 Å². The number of rotatable bonds is 4. The quantitative estimate of drug-likeness (QED) is 0.303. The Morgan fingerprint density at radius 2 is 2.11 bits per heavy atom. The molecule has 4 rings (SSSR count). The van der Waals surface area contributed by atoms with Gasteiger partial charge in [-0.2, -0.15) is 10.1 Å². The van der Waals surface area contributed by atoms with Gasteiger partial charge < -0.3 is 4.57 Å². The summed E-state index contributed by atoms with van der Waals surface area (Å²) >= 11 is 3.46. The van der Waals surface area contributed by atoms with Gasteiger partial charge in [0.25, 0.3) is 11.6 Å². The number of nitrogens with zero attached hydrogens (tertiary/aromatic N) is 6. The van der Waals surface area contributed by atoms with Gasteiger partial charge in [0.2, 0.25) is 0 Å². The van der Waals surface area contributed by atoms with Gasteiger partial charge >= 0.3 is 0 Å². The molecule has 0 unspecified atom stereocenters. The van der Waals surface area contributed by atoms with Crippen LogP contribution in [0.2, 0.25) is 0 Å². The number of hydrogen-bond acceptors (Lipinski definition) is 7. The van der Waals surface area contributed by atoms with E-state index in [1.54, 1.807) is 12.1 Å². The van der Waals surface area contributed by atoms with Gasteiger partial charge in [0.15, 0.2) is 5.65 Å². The topological polar surface area (TPSA) is 111 Å². The number of nitro benzene ring substituents is 1. The molecule has 0 amide bonds.